The number of dihydropyridines is 1. The molecular weight excluding hydrogens is 454 g/mol. The van der Waals surface area contributed by atoms with E-state index in [1.807, 2.05) is 12.4 Å². The number of aliphatic imine (C=N–C) groups is 1. The van der Waals surface area contributed by atoms with E-state index in [-0.39, 0.29) is 0 Å². The third-order valence-electron chi connectivity index (χ3n) is 7.52. The molecule has 8 rings (SSSR count). The van der Waals surface area contributed by atoms with E-state index in [1.54, 1.807) is 0 Å². The Morgan fingerprint density at radius 1 is 0.784 bits per heavy atom. The molecule has 1 aliphatic carbocycles. The van der Waals surface area contributed by atoms with Gasteiger partial charge in [-0.05, 0) is 63.6 Å². The molecule has 5 aliphatic rings. The van der Waals surface area contributed by atoms with E-state index in [9.17, 15) is 0 Å². The fourth-order valence-electron chi connectivity index (χ4n) is 5.65. The van der Waals surface area contributed by atoms with Crippen LogP contribution in [0, 0.1) is 0 Å². The normalized spacial score (nSPS) is 18.4. The van der Waals surface area contributed by atoms with Crippen molar-refractivity contribution in [2.45, 2.75) is 32.5 Å². The van der Waals surface area contributed by atoms with Crippen molar-refractivity contribution in [3.05, 3.63) is 130 Å². The molecule has 0 amide bonds. The molecule has 37 heavy (non-hydrogen) atoms. The predicted molar refractivity (Wildman–Crippen MR) is 149 cm³/mol. The Morgan fingerprint density at radius 3 is 2.73 bits per heavy atom. The molecule has 2 aromatic carbocycles. The maximum Gasteiger partial charge on any atom is 0.0897 e. The number of pyridine rings is 1. The highest BCUT2D eigenvalue weighted by atomic mass is 15.0. The summed E-state index contributed by atoms with van der Waals surface area (Å²) >= 11 is 0. The third kappa shape index (κ3) is 4.26. The van der Waals surface area contributed by atoms with Gasteiger partial charge >= 0.3 is 0 Å². The molecule has 0 radical (unpaired) electrons. The first-order valence-corrected chi connectivity index (χ1v) is 13.0. The van der Waals surface area contributed by atoms with E-state index >= 15 is 0 Å². The van der Waals surface area contributed by atoms with Gasteiger partial charge in [0, 0.05) is 55.3 Å². The van der Waals surface area contributed by atoms with Crippen LogP contribution in [0.15, 0.2) is 107 Å². The molecule has 0 unspecified atom stereocenters. The van der Waals surface area contributed by atoms with Crippen LogP contribution >= 0.6 is 0 Å². The number of aromatic nitrogens is 1. The summed E-state index contributed by atoms with van der Waals surface area (Å²) in [6.07, 6.45) is 14.7. The maximum absolute atomic E-state index is 5.01. The second-order valence-electron chi connectivity index (χ2n) is 9.97. The lowest BCUT2D eigenvalue weighted by Gasteiger charge is -2.25. The molecular formula is C32H29N5. The van der Waals surface area contributed by atoms with Gasteiger partial charge in [-0.15, -0.1) is 0 Å². The largest absolute Gasteiger partial charge is 0.357 e. The van der Waals surface area contributed by atoms with Crippen LogP contribution in [0.4, 0.5) is 0 Å². The lowest BCUT2D eigenvalue weighted by Crippen LogP contribution is -2.26. The second kappa shape index (κ2) is 9.43. The number of hydrogen-bond donors (Lipinski definition) is 3. The number of rotatable bonds is 0. The molecule has 0 spiro atoms. The SMILES string of the molecule is C1=CCC2=C3CC=C(N2)C2=NCNCc4ccc(cc42)-c2cncc(c2)CNCc2cccc(c2)C3=C1. The Balaban J connectivity index is 1.39. The summed E-state index contributed by atoms with van der Waals surface area (Å²) < 4.78 is 0. The topological polar surface area (TPSA) is 61.3 Å². The number of nitrogens with one attached hydrogen (secondary N) is 3. The van der Waals surface area contributed by atoms with Gasteiger partial charge in [0.2, 0.25) is 0 Å². The fraction of sp³-hybridized carbons (Fsp3) is 0.188. The van der Waals surface area contributed by atoms with Crippen molar-refractivity contribution in [1.82, 2.24) is 20.9 Å². The van der Waals surface area contributed by atoms with E-state index in [1.165, 1.54) is 44.7 Å². The molecule has 3 aromatic rings. The highest BCUT2D eigenvalue weighted by molar-refractivity contribution is 6.14. The summed E-state index contributed by atoms with van der Waals surface area (Å²) in [5.74, 6) is 0. The molecule has 5 heteroatoms. The summed E-state index contributed by atoms with van der Waals surface area (Å²) in [6, 6.07) is 17.9. The van der Waals surface area contributed by atoms with E-state index < -0.39 is 0 Å². The van der Waals surface area contributed by atoms with Crippen molar-refractivity contribution in [2.75, 3.05) is 6.67 Å². The number of fused-ring (bicyclic) bond motifs is 3. The quantitative estimate of drug-likeness (QED) is 0.402. The number of hydrogen-bond acceptors (Lipinski definition) is 5. The zero-order valence-electron chi connectivity index (χ0n) is 20.7. The average Bonchev–Trinajstić information content (AvgIpc) is 3.28. The Bertz CT molecular complexity index is 1550. The number of allylic oxidation sites excluding steroid dienone is 7. The molecule has 182 valence electrons. The van der Waals surface area contributed by atoms with Crippen LogP contribution in [0.3, 0.4) is 0 Å². The smallest absolute Gasteiger partial charge is 0.0897 e. The van der Waals surface area contributed by atoms with E-state index in [0.717, 1.165) is 55.0 Å². The summed E-state index contributed by atoms with van der Waals surface area (Å²) in [5.41, 5.74) is 14.5. The summed E-state index contributed by atoms with van der Waals surface area (Å²) in [7, 11) is 0. The summed E-state index contributed by atoms with van der Waals surface area (Å²) in [4.78, 5) is 9.58. The lowest BCUT2D eigenvalue weighted by molar-refractivity contribution is 0.691. The zero-order chi connectivity index (χ0) is 24.6. The highest BCUT2D eigenvalue weighted by Gasteiger charge is 2.24. The molecule has 3 N–H and O–H groups in total. The predicted octanol–water partition coefficient (Wildman–Crippen LogP) is 5.38. The first-order valence-electron chi connectivity index (χ1n) is 13.0. The van der Waals surface area contributed by atoms with E-state index in [2.05, 4.69) is 93.8 Å². The van der Waals surface area contributed by atoms with Crippen LogP contribution in [-0.2, 0) is 19.6 Å². The molecule has 5 nitrogen and oxygen atoms in total. The third-order valence-corrected chi connectivity index (χ3v) is 7.52. The van der Waals surface area contributed by atoms with Crippen LogP contribution in [0.25, 0.3) is 16.7 Å². The van der Waals surface area contributed by atoms with Gasteiger partial charge in [0.15, 0.2) is 0 Å². The average molecular weight is 484 g/mol. The van der Waals surface area contributed by atoms with Gasteiger partial charge in [-0.3, -0.25) is 15.3 Å². The molecule has 10 bridgehead atoms. The van der Waals surface area contributed by atoms with Crippen molar-refractivity contribution in [2.24, 2.45) is 4.99 Å². The highest BCUT2D eigenvalue weighted by Crippen LogP contribution is 2.35. The Hall–Kier alpha value is -4.06. The van der Waals surface area contributed by atoms with Crippen molar-refractivity contribution in [3.8, 4) is 11.1 Å². The Labute approximate surface area is 217 Å². The molecule has 0 atom stereocenters. The molecule has 5 heterocycles. The first-order chi connectivity index (χ1) is 18.3. The second-order valence-corrected chi connectivity index (χ2v) is 9.97. The van der Waals surface area contributed by atoms with Crippen molar-refractivity contribution < 1.29 is 0 Å². The van der Waals surface area contributed by atoms with Crippen molar-refractivity contribution in [1.29, 1.82) is 0 Å². The fourth-order valence-corrected chi connectivity index (χ4v) is 5.65. The monoisotopic (exact) mass is 483 g/mol. The van der Waals surface area contributed by atoms with Gasteiger partial charge in [0.1, 0.15) is 0 Å². The minimum Gasteiger partial charge on any atom is -0.357 e. The molecule has 0 saturated carbocycles. The maximum atomic E-state index is 5.01. The van der Waals surface area contributed by atoms with E-state index in [0.29, 0.717) is 6.67 Å². The van der Waals surface area contributed by atoms with Crippen LogP contribution in [0.5, 0.6) is 0 Å². The lowest BCUT2D eigenvalue weighted by atomic mass is 9.89. The molecule has 1 aromatic heterocycles. The summed E-state index contributed by atoms with van der Waals surface area (Å²) in [6.45, 7) is 2.98. The van der Waals surface area contributed by atoms with Gasteiger partial charge in [-0.25, -0.2) is 0 Å². The Kier molecular flexibility index (Phi) is 5.65. The minimum atomic E-state index is 0.602. The zero-order valence-corrected chi connectivity index (χ0v) is 20.7. The van der Waals surface area contributed by atoms with Gasteiger partial charge < -0.3 is 10.6 Å². The number of nitrogens with zero attached hydrogens (tertiary/aromatic N) is 2. The van der Waals surface area contributed by atoms with Gasteiger partial charge in [-0.1, -0.05) is 54.6 Å². The van der Waals surface area contributed by atoms with Gasteiger partial charge in [-0.2, -0.15) is 0 Å². The van der Waals surface area contributed by atoms with E-state index in [4.69, 9.17) is 4.99 Å². The number of benzene rings is 2. The van der Waals surface area contributed by atoms with Crippen LogP contribution in [0.1, 0.15) is 40.7 Å². The van der Waals surface area contributed by atoms with Crippen LogP contribution < -0.4 is 16.0 Å². The molecule has 0 fully saturated rings. The summed E-state index contributed by atoms with van der Waals surface area (Å²) in [5, 5.41) is 10.9. The molecule has 4 aliphatic heterocycles. The standard InChI is InChI=1S/C32H29N5/c1-2-7-30-28-10-11-31(37-30)32-29-14-23(8-9-25(29)18-35-20-36-32)26-13-22(17-34-19-26)16-33-15-21-4-3-5-24(12-21)27(28)6-1/h1-6,8-9,11-14,17,19,33,35,37H,7,10,15-16,18,20H2. The van der Waals surface area contributed by atoms with Crippen molar-refractivity contribution >= 4 is 11.3 Å². The first kappa shape index (κ1) is 22.2. The van der Waals surface area contributed by atoms with Gasteiger partial charge in [0.05, 0.1) is 18.1 Å². The van der Waals surface area contributed by atoms with Crippen LogP contribution in [-0.4, -0.2) is 17.4 Å². The van der Waals surface area contributed by atoms with Crippen molar-refractivity contribution in [3.63, 3.8) is 0 Å². The Morgan fingerprint density at radius 2 is 1.73 bits per heavy atom. The van der Waals surface area contributed by atoms with Gasteiger partial charge in [0.25, 0.3) is 0 Å². The molecule has 0 saturated heterocycles. The minimum absolute atomic E-state index is 0.602. The van der Waals surface area contributed by atoms with Crippen LogP contribution in [0.2, 0.25) is 0 Å².